The van der Waals surface area contributed by atoms with Gasteiger partial charge < -0.3 is 0 Å². The summed E-state index contributed by atoms with van der Waals surface area (Å²) >= 11 is 0. The van der Waals surface area contributed by atoms with E-state index in [1.54, 1.807) is 0 Å². The molecule has 0 bridgehead atoms. The number of fused-ring (bicyclic) bond motifs is 1. The van der Waals surface area contributed by atoms with Gasteiger partial charge in [-0.25, -0.2) is 0 Å². The van der Waals surface area contributed by atoms with E-state index in [0.29, 0.717) is 5.66 Å². The van der Waals surface area contributed by atoms with Crippen molar-refractivity contribution in [3.05, 3.63) is 71.3 Å². The van der Waals surface area contributed by atoms with Gasteiger partial charge >= 0.3 is 18.9 Å². The molecule has 0 fully saturated rings. The first-order valence-electron chi connectivity index (χ1n) is 6.63. The minimum absolute atomic E-state index is 0. The molecule has 3 rings (SSSR count). The molecule has 0 aromatic heterocycles. The minimum atomic E-state index is -0.00837. The van der Waals surface area contributed by atoms with Crippen LogP contribution in [0.3, 0.4) is 0 Å². The molecule has 0 saturated heterocycles. The Labute approximate surface area is 135 Å². The molecule has 1 aliphatic rings. The molecule has 1 unspecified atom stereocenters. The van der Waals surface area contributed by atoms with Crippen LogP contribution < -0.4 is 18.9 Å². The monoisotopic (exact) mass is 272 g/mol. The molecule has 0 amide bonds. The summed E-state index contributed by atoms with van der Waals surface area (Å²) in [7, 11) is -0.00837. The fourth-order valence-corrected chi connectivity index (χ4v) is 4.57. The summed E-state index contributed by atoms with van der Waals surface area (Å²) in [5.74, 6) is 0. The van der Waals surface area contributed by atoms with Crippen LogP contribution in [0.1, 0.15) is 23.7 Å². The van der Waals surface area contributed by atoms with Gasteiger partial charge in [0.2, 0.25) is 0 Å². The molecule has 2 aromatic rings. The SMILES string of the molecule is CC1=[C-]c2c(-c3ccccc3)cccc2C1P(C)C.[Li+]. The predicted molar refractivity (Wildman–Crippen MR) is 84.9 cm³/mol. The van der Waals surface area contributed by atoms with Gasteiger partial charge in [-0.15, -0.1) is 36.8 Å². The van der Waals surface area contributed by atoms with Gasteiger partial charge in [-0.2, -0.15) is 11.6 Å². The van der Waals surface area contributed by atoms with E-state index in [0.717, 1.165) is 0 Å². The van der Waals surface area contributed by atoms with E-state index in [-0.39, 0.29) is 26.8 Å². The van der Waals surface area contributed by atoms with E-state index >= 15 is 0 Å². The average Bonchev–Trinajstić information content (AvgIpc) is 2.75. The second kappa shape index (κ2) is 6.32. The van der Waals surface area contributed by atoms with Crippen molar-refractivity contribution in [2.45, 2.75) is 12.6 Å². The molecule has 0 radical (unpaired) electrons. The van der Waals surface area contributed by atoms with Crippen LogP contribution in [0.4, 0.5) is 0 Å². The van der Waals surface area contributed by atoms with Crippen LogP contribution in [0.2, 0.25) is 0 Å². The standard InChI is InChI=1S/C18H18P.Li/c1-13-12-17-15(14-8-5-4-6-9-14)10-7-11-16(17)18(13)19(2)3;/h4-11,18H,1-3H3;/q-1;+1. The first-order valence-corrected chi connectivity index (χ1v) is 8.94. The van der Waals surface area contributed by atoms with E-state index in [1.165, 1.54) is 27.8 Å². The van der Waals surface area contributed by atoms with E-state index in [9.17, 15) is 0 Å². The first kappa shape index (κ1) is 15.6. The van der Waals surface area contributed by atoms with Crippen molar-refractivity contribution in [2.75, 3.05) is 13.3 Å². The summed E-state index contributed by atoms with van der Waals surface area (Å²) < 4.78 is 0. The van der Waals surface area contributed by atoms with Gasteiger partial charge in [-0.05, 0) is 19.0 Å². The summed E-state index contributed by atoms with van der Waals surface area (Å²) in [6.07, 6.45) is 3.63. The normalized spacial score (nSPS) is 16.6. The molecule has 2 aromatic carbocycles. The molecule has 1 aliphatic carbocycles. The van der Waals surface area contributed by atoms with E-state index < -0.39 is 0 Å². The molecule has 0 saturated carbocycles. The third kappa shape index (κ3) is 2.66. The Morgan fingerprint density at radius 2 is 1.65 bits per heavy atom. The van der Waals surface area contributed by atoms with Gasteiger partial charge in [-0.3, -0.25) is 0 Å². The van der Waals surface area contributed by atoms with E-state index in [4.69, 9.17) is 0 Å². The Hall–Kier alpha value is -0.793. The minimum Gasteiger partial charge on any atom is -0.181 e. The molecule has 0 aliphatic heterocycles. The van der Waals surface area contributed by atoms with Gasteiger partial charge in [0.1, 0.15) is 0 Å². The maximum absolute atomic E-state index is 3.63. The molecular weight excluding hydrogens is 254 g/mol. The van der Waals surface area contributed by atoms with E-state index in [2.05, 4.69) is 74.9 Å². The molecule has 96 valence electrons. The van der Waals surface area contributed by atoms with Gasteiger partial charge in [-0.1, -0.05) is 48.9 Å². The Kier molecular flexibility index (Phi) is 4.93. The second-order valence-corrected chi connectivity index (χ2v) is 7.75. The Morgan fingerprint density at radius 3 is 2.30 bits per heavy atom. The molecular formula is C18H18LiP. The van der Waals surface area contributed by atoms with Crippen LogP contribution >= 0.6 is 7.92 Å². The average molecular weight is 272 g/mol. The Bertz CT molecular complexity index is 629. The molecule has 20 heavy (non-hydrogen) atoms. The second-order valence-electron chi connectivity index (χ2n) is 5.31. The van der Waals surface area contributed by atoms with Crippen molar-refractivity contribution in [1.82, 2.24) is 0 Å². The topological polar surface area (TPSA) is 0 Å². The molecule has 0 heterocycles. The summed E-state index contributed by atoms with van der Waals surface area (Å²) in [4.78, 5) is 0. The predicted octanol–water partition coefficient (Wildman–Crippen LogP) is 2.25. The zero-order chi connectivity index (χ0) is 13.4. The van der Waals surface area contributed by atoms with Crippen molar-refractivity contribution in [3.63, 3.8) is 0 Å². The largest absolute Gasteiger partial charge is 1.00 e. The maximum Gasteiger partial charge on any atom is 1.00 e. The zero-order valence-electron chi connectivity index (χ0n) is 12.6. The fourth-order valence-electron chi connectivity index (χ4n) is 2.96. The molecule has 0 nitrogen and oxygen atoms in total. The van der Waals surface area contributed by atoms with Gasteiger partial charge in [0, 0.05) is 0 Å². The molecule has 1 atom stereocenters. The van der Waals surface area contributed by atoms with Crippen molar-refractivity contribution < 1.29 is 18.9 Å². The summed E-state index contributed by atoms with van der Waals surface area (Å²) in [6, 6.07) is 17.3. The quantitative estimate of drug-likeness (QED) is 0.447. The summed E-state index contributed by atoms with van der Waals surface area (Å²) in [6.45, 7) is 6.94. The molecule has 0 N–H and O–H groups in total. The van der Waals surface area contributed by atoms with Crippen LogP contribution in [0.15, 0.2) is 54.1 Å². The smallest absolute Gasteiger partial charge is 0.181 e. The van der Waals surface area contributed by atoms with Crippen LogP contribution in [-0.4, -0.2) is 13.3 Å². The third-order valence-corrected chi connectivity index (χ3v) is 5.42. The van der Waals surface area contributed by atoms with Crippen LogP contribution in [0.25, 0.3) is 11.1 Å². The first-order chi connectivity index (χ1) is 9.18. The summed E-state index contributed by atoms with van der Waals surface area (Å²) in [5.41, 5.74) is 7.37. The Morgan fingerprint density at radius 1 is 0.950 bits per heavy atom. The summed E-state index contributed by atoms with van der Waals surface area (Å²) in [5, 5.41) is 0. The number of benzene rings is 2. The fraction of sp³-hybridized carbons (Fsp3) is 0.222. The van der Waals surface area contributed by atoms with Crippen molar-refractivity contribution in [2.24, 2.45) is 0 Å². The number of allylic oxidation sites excluding steroid dienone is 1. The number of rotatable bonds is 2. The molecule has 0 spiro atoms. The number of hydrogen-bond acceptors (Lipinski definition) is 0. The van der Waals surface area contributed by atoms with Crippen LogP contribution in [0.5, 0.6) is 0 Å². The molecule has 2 heteroatoms. The number of hydrogen-bond donors (Lipinski definition) is 0. The van der Waals surface area contributed by atoms with Crippen molar-refractivity contribution in [1.29, 1.82) is 0 Å². The van der Waals surface area contributed by atoms with Crippen LogP contribution in [0, 0.1) is 6.08 Å². The third-order valence-electron chi connectivity index (χ3n) is 3.72. The van der Waals surface area contributed by atoms with Crippen molar-refractivity contribution >= 4 is 7.92 Å². The van der Waals surface area contributed by atoms with Gasteiger partial charge in [0.25, 0.3) is 0 Å². The van der Waals surface area contributed by atoms with Crippen LogP contribution in [-0.2, 0) is 0 Å². The van der Waals surface area contributed by atoms with Gasteiger partial charge in [0.05, 0.1) is 0 Å². The van der Waals surface area contributed by atoms with E-state index in [1.807, 2.05) is 0 Å². The zero-order valence-corrected chi connectivity index (χ0v) is 13.5. The maximum atomic E-state index is 3.63. The van der Waals surface area contributed by atoms with Gasteiger partial charge in [0.15, 0.2) is 0 Å². The Balaban J connectivity index is 0.00000147. The van der Waals surface area contributed by atoms with Crippen molar-refractivity contribution in [3.8, 4) is 11.1 Å².